The van der Waals surface area contributed by atoms with Gasteiger partial charge in [0.25, 0.3) is 0 Å². The van der Waals surface area contributed by atoms with Crippen LogP contribution in [0.3, 0.4) is 0 Å². The molecule has 78 valence electrons. The van der Waals surface area contributed by atoms with E-state index in [0.717, 1.165) is 19.5 Å². The summed E-state index contributed by atoms with van der Waals surface area (Å²) in [5.74, 6) is 0.386. The van der Waals surface area contributed by atoms with Gasteiger partial charge < -0.3 is 11.5 Å². The third-order valence-corrected chi connectivity index (χ3v) is 1.62. The van der Waals surface area contributed by atoms with Gasteiger partial charge in [-0.05, 0) is 32.4 Å². The monoisotopic (exact) mass is 206 g/mol. The number of hydrogen-bond acceptors (Lipinski definition) is 4. The van der Waals surface area contributed by atoms with E-state index in [-0.39, 0.29) is 12.4 Å². The summed E-state index contributed by atoms with van der Waals surface area (Å²) >= 11 is 0. The van der Waals surface area contributed by atoms with E-state index in [2.05, 4.69) is 16.0 Å². The van der Waals surface area contributed by atoms with Gasteiger partial charge in [-0.25, -0.2) is 9.98 Å². The number of nitrogens with two attached hydrogens (primary N) is 2. The highest BCUT2D eigenvalue weighted by molar-refractivity contribution is 5.85. The minimum atomic E-state index is 0. The van der Waals surface area contributed by atoms with Crippen LogP contribution in [0.1, 0.15) is 13.3 Å². The minimum absolute atomic E-state index is 0. The molecule has 0 unspecified atom stereocenters. The average molecular weight is 207 g/mol. The molecule has 0 rings (SSSR count). The fourth-order valence-corrected chi connectivity index (χ4v) is 0.750. The molecular weight excluding hydrogens is 188 g/mol. The smallest absolute Gasteiger partial charge is 0.0892 e. The number of aliphatic imine (C=N–C) groups is 2. The van der Waals surface area contributed by atoms with Gasteiger partial charge in [0.1, 0.15) is 0 Å². The quantitative estimate of drug-likeness (QED) is 0.622. The van der Waals surface area contributed by atoms with Crippen molar-refractivity contribution in [3.63, 3.8) is 0 Å². The summed E-state index contributed by atoms with van der Waals surface area (Å²) in [6, 6.07) is 2.61. The molecule has 0 atom stereocenters. The summed E-state index contributed by atoms with van der Waals surface area (Å²) in [5, 5.41) is 0. The Morgan fingerprint density at radius 1 is 1.23 bits per heavy atom. The van der Waals surface area contributed by atoms with Gasteiger partial charge in [-0.3, -0.25) is 0 Å². The summed E-state index contributed by atoms with van der Waals surface area (Å²) in [6.45, 7) is 4.68. The number of hydrogen-bond donors (Lipinski definition) is 2. The molecular formula is C8H19ClN4. The van der Waals surface area contributed by atoms with Gasteiger partial charge >= 0.3 is 0 Å². The Labute approximate surface area is 85.9 Å². The van der Waals surface area contributed by atoms with Gasteiger partial charge in [0.15, 0.2) is 0 Å². The summed E-state index contributed by atoms with van der Waals surface area (Å²) in [6.07, 6.45) is 0.930. The lowest BCUT2D eigenvalue weighted by atomic mass is 10.1. The van der Waals surface area contributed by atoms with Crippen molar-refractivity contribution < 1.29 is 0 Å². The molecule has 0 radical (unpaired) electrons. The van der Waals surface area contributed by atoms with E-state index in [1.807, 2.05) is 6.92 Å². The molecule has 0 heterocycles. The highest BCUT2D eigenvalue weighted by Crippen LogP contribution is 1.97. The van der Waals surface area contributed by atoms with Crippen molar-refractivity contribution in [1.29, 1.82) is 0 Å². The lowest BCUT2D eigenvalue weighted by Gasteiger charge is -2.07. The van der Waals surface area contributed by atoms with E-state index in [9.17, 15) is 0 Å². The van der Waals surface area contributed by atoms with Gasteiger partial charge in [-0.2, -0.15) is 0 Å². The average Bonchev–Trinajstić information content (AvgIpc) is 2.11. The van der Waals surface area contributed by atoms with E-state index in [1.165, 1.54) is 0 Å². The first-order valence-electron chi connectivity index (χ1n) is 4.33. The van der Waals surface area contributed by atoms with Crippen LogP contribution in [0.2, 0.25) is 0 Å². The lowest BCUT2D eigenvalue weighted by molar-refractivity contribution is 0.516. The fraction of sp³-hybridized carbons (Fsp3) is 0.875. The first-order chi connectivity index (χ1) is 5.85. The zero-order valence-corrected chi connectivity index (χ0v) is 8.89. The molecule has 0 aromatic heterocycles. The first-order valence-corrected chi connectivity index (χ1v) is 4.33. The van der Waals surface area contributed by atoms with Crippen molar-refractivity contribution in [2.45, 2.75) is 13.3 Å². The van der Waals surface area contributed by atoms with Crippen LogP contribution in [0.15, 0.2) is 9.98 Å². The normalized spacial score (nSPS) is 8.92. The summed E-state index contributed by atoms with van der Waals surface area (Å²) < 4.78 is 0. The van der Waals surface area contributed by atoms with Gasteiger partial charge in [0, 0.05) is 6.54 Å². The van der Waals surface area contributed by atoms with Gasteiger partial charge in [0.2, 0.25) is 0 Å². The van der Waals surface area contributed by atoms with Gasteiger partial charge in [-0.1, -0.05) is 0 Å². The number of rotatable bonds is 6. The zero-order chi connectivity index (χ0) is 9.23. The van der Waals surface area contributed by atoms with E-state index in [4.69, 9.17) is 11.5 Å². The standard InChI is InChI=1S/C8H18N4.ClH/c1-2-11-7-12-4-3-8(5-9)6-10;/h8H,2-6,9-10H2,1H3;1H. The highest BCUT2D eigenvalue weighted by Gasteiger charge is 2.01. The van der Waals surface area contributed by atoms with Crippen molar-refractivity contribution in [2.75, 3.05) is 26.2 Å². The van der Waals surface area contributed by atoms with E-state index >= 15 is 0 Å². The highest BCUT2D eigenvalue weighted by atomic mass is 35.5. The maximum atomic E-state index is 5.46. The van der Waals surface area contributed by atoms with Crippen LogP contribution in [-0.4, -0.2) is 32.2 Å². The second-order valence-corrected chi connectivity index (χ2v) is 2.58. The molecule has 0 aliphatic heterocycles. The van der Waals surface area contributed by atoms with Crippen LogP contribution < -0.4 is 11.5 Å². The maximum absolute atomic E-state index is 5.46. The molecule has 0 aliphatic carbocycles. The van der Waals surface area contributed by atoms with Crippen molar-refractivity contribution >= 4 is 18.4 Å². The number of halogens is 1. The molecule has 13 heavy (non-hydrogen) atoms. The Kier molecular flexibility index (Phi) is 13.4. The molecule has 0 saturated carbocycles. The topological polar surface area (TPSA) is 76.8 Å². The Morgan fingerprint density at radius 3 is 2.31 bits per heavy atom. The molecule has 4 N–H and O–H groups in total. The molecule has 0 saturated heterocycles. The van der Waals surface area contributed by atoms with Crippen LogP contribution in [-0.2, 0) is 0 Å². The van der Waals surface area contributed by atoms with Crippen molar-refractivity contribution in [3.05, 3.63) is 0 Å². The molecule has 0 amide bonds. The van der Waals surface area contributed by atoms with Crippen molar-refractivity contribution in [3.8, 4) is 0 Å². The molecule has 0 fully saturated rings. The zero-order valence-electron chi connectivity index (χ0n) is 8.07. The van der Waals surface area contributed by atoms with E-state index < -0.39 is 0 Å². The van der Waals surface area contributed by atoms with Crippen LogP contribution in [0, 0.1) is 5.92 Å². The van der Waals surface area contributed by atoms with Crippen LogP contribution in [0.25, 0.3) is 0 Å². The van der Waals surface area contributed by atoms with Crippen molar-refractivity contribution in [1.82, 2.24) is 0 Å². The second-order valence-electron chi connectivity index (χ2n) is 2.58. The first kappa shape index (κ1) is 15.1. The minimum Gasteiger partial charge on any atom is -0.330 e. The lowest BCUT2D eigenvalue weighted by Crippen LogP contribution is -2.23. The van der Waals surface area contributed by atoms with Crippen molar-refractivity contribution in [2.24, 2.45) is 27.4 Å². The maximum Gasteiger partial charge on any atom is 0.0892 e. The Balaban J connectivity index is 0. The van der Waals surface area contributed by atoms with E-state index in [0.29, 0.717) is 19.0 Å². The SMILES string of the molecule is CCN=C=NCCC(CN)CN.Cl. The Bertz CT molecular complexity index is 150. The summed E-state index contributed by atoms with van der Waals surface area (Å²) in [7, 11) is 0. The molecule has 0 aliphatic rings. The predicted molar refractivity (Wildman–Crippen MR) is 58.7 cm³/mol. The van der Waals surface area contributed by atoms with Crippen LogP contribution in [0.4, 0.5) is 0 Å². The summed E-state index contributed by atoms with van der Waals surface area (Å²) in [4.78, 5) is 7.81. The second kappa shape index (κ2) is 11.6. The summed E-state index contributed by atoms with van der Waals surface area (Å²) in [5.41, 5.74) is 10.9. The number of nitrogens with zero attached hydrogens (tertiary/aromatic N) is 2. The molecule has 5 heteroatoms. The Hall–Kier alpha value is -0.410. The molecule has 0 bridgehead atoms. The molecule has 0 aromatic rings. The molecule has 0 spiro atoms. The van der Waals surface area contributed by atoms with Crippen LogP contribution >= 0.6 is 12.4 Å². The van der Waals surface area contributed by atoms with Gasteiger partial charge in [0.05, 0.1) is 12.6 Å². The predicted octanol–water partition coefficient (Wildman–Crippen LogP) is 0.526. The largest absolute Gasteiger partial charge is 0.330 e. The third-order valence-electron chi connectivity index (χ3n) is 1.62. The fourth-order valence-electron chi connectivity index (χ4n) is 0.750. The third kappa shape index (κ3) is 9.50. The molecule has 0 aromatic carbocycles. The Morgan fingerprint density at radius 2 is 1.85 bits per heavy atom. The van der Waals surface area contributed by atoms with Gasteiger partial charge in [-0.15, -0.1) is 12.4 Å². The van der Waals surface area contributed by atoms with Crippen LogP contribution in [0.5, 0.6) is 0 Å². The molecule has 4 nitrogen and oxygen atoms in total. The van der Waals surface area contributed by atoms with E-state index in [1.54, 1.807) is 0 Å².